The Hall–Kier alpha value is -1.80. The molecule has 1 atom stereocenters. The van der Waals surface area contributed by atoms with Gasteiger partial charge in [-0.2, -0.15) is 0 Å². The highest BCUT2D eigenvalue weighted by Crippen LogP contribution is 2.29. The number of hydrogen-bond donors (Lipinski definition) is 1. The smallest absolute Gasteiger partial charge is 0.224 e. The van der Waals surface area contributed by atoms with Crippen molar-refractivity contribution in [3.63, 3.8) is 0 Å². The summed E-state index contributed by atoms with van der Waals surface area (Å²) in [6.45, 7) is 3.32. The predicted octanol–water partition coefficient (Wildman–Crippen LogP) is 4.29. The second-order valence-corrected chi connectivity index (χ2v) is 10.6. The van der Waals surface area contributed by atoms with Crippen LogP contribution in [-0.2, 0) is 27.0 Å². The Labute approximate surface area is 199 Å². The molecule has 174 valence electrons. The standard InChI is InChI=1S/C23H28Cl2N2O4S/c1-2-17-8-10-19(11-9-17)31-14-12-26-23(28)18-5-4-13-27(15-18)32(29,30)16-20-21(24)6-3-7-22(20)25/h3,6-11,18H,2,4-5,12-16H2,1H3,(H,26,28)/t18-/m0/s1. The van der Waals surface area contributed by atoms with Crippen molar-refractivity contribution in [3.8, 4) is 5.75 Å². The SMILES string of the molecule is CCc1ccc(OCCNC(=O)[C@H]2CCCN(S(=O)(=O)Cc3c(Cl)cccc3Cl)C2)cc1. The van der Waals surface area contributed by atoms with Crippen molar-refractivity contribution in [1.29, 1.82) is 0 Å². The van der Waals surface area contributed by atoms with Crippen LogP contribution in [0.1, 0.15) is 30.9 Å². The van der Waals surface area contributed by atoms with Crippen LogP contribution in [-0.4, -0.2) is 44.9 Å². The van der Waals surface area contributed by atoms with Crippen LogP contribution in [0, 0.1) is 5.92 Å². The fourth-order valence-corrected chi connectivity index (χ4v) is 6.02. The van der Waals surface area contributed by atoms with Crippen LogP contribution < -0.4 is 10.1 Å². The fraction of sp³-hybridized carbons (Fsp3) is 0.435. The highest BCUT2D eigenvalue weighted by molar-refractivity contribution is 7.88. The number of benzene rings is 2. The summed E-state index contributed by atoms with van der Waals surface area (Å²) >= 11 is 12.3. The van der Waals surface area contributed by atoms with Gasteiger partial charge in [-0.3, -0.25) is 4.79 Å². The minimum absolute atomic E-state index is 0.148. The number of nitrogens with zero attached hydrogens (tertiary/aromatic N) is 1. The summed E-state index contributed by atoms with van der Waals surface area (Å²) < 4.78 is 32.9. The van der Waals surface area contributed by atoms with Crippen LogP contribution in [0.25, 0.3) is 0 Å². The number of amides is 1. The number of sulfonamides is 1. The van der Waals surface area contributed by atoms with Crippen LogP contribution in [0.3, 0.4) is 0 Å². The van der Waals surface area contributed by atoms with Gasteiger partial charge in [0, 0.05) is 28.7 Å². The van der Waals surface area contributed by atoms with Gasteiger partial charge in [0.25, 0.3) is 0 Å². The van der Waals surface area contributed by atoms with Gasteiger partial charge in [-0.25, -0.2) is 12.7 Å². The molecule has 1 amide bonds. The van der Waals surface area contributed by atoms with Crippen molar-refractivity contribution in [2.75, 3.05) is 26.2 Å². The molecular formula is C23H28Cl2N2O4S. The lowest BCUT2D eigenvalue weighted by molar-refractivity contribution is -0.126. The van der Waals surface area contributed by atoms with Gasteiger partial charge in [0.05, 0.1) is 18.2 Å². The van der Waals surface area contributed by atoms with E-state index in [9.17, 15) is 13.2 Å². The van der Waals surface area contributed by atoms with Crippen LogP contribution in [0.4, 0.5) is 0 Å². The number of rotatable bonds is 9. The van der Waals surface area contributed by atoms with Gasteiger partial charge in [-0.15, -0.1) is 0 Å². The molecule has 3 rings (SSSR count). The number of nitrogens with one attached hydrogen (secondary N) is 1. The molecular weight excluding hydrogens is 471 g/mol. The van der Waals surface area contributed by atoms with Gasteiger partial charge >= 0.3 is 0 Å². The summed E-state index contributed by atoms with van der Waals surface area (Å²) in [5.74, 6) is -0.0934. The zero-order valence-electron chi connectivity index (χ0n) is 18.0. The molecule has 0 spiro atoms. The maximum atomic E-state index is 12.9. The predicted molar refractivity (Wildman–Crippen MR) is 128 cm³/mol. The average molecular weight is 499 g/mol. The summed E-state index contributed by atoms with van der Waals surface area (Å²) in [6, 6.07) is 12.8. The maximum absolute atomic E-state index is 12.9. The molecule has 0 bridgehead atoms. The second-order valence-electron chi connectivity index (χ2n) is 7.79. The molecule has 0 radical (unpaired) electrons. The Kier molecular flexibility index (Phi) is 8.82. The lowest BCUT2D eigenvalue weighted by atomic mass is 9.99. The van der Waals surface area contributed by atoms with Crippen molar-refractivity contribution in [2.45, 2.75) is 31.9 Å². The summed E-state index contributed by atoms with van der Waals surface area (Å²) in [4.78, 5) is 12.6. The molecule has 1 saturated heterocycles. The van der Waals surface area contributed by atoms with Crippen LogP contribution in [0.2, 0.25) is 10.0 Å². The summed E-state index contributed by atoms with van der Waals surface area (Å²) in [7, 11) is -3.66. The first kappa shape index (κ1) is 24.8. The molecule has 1 heterocycles. The first-order chi connectivity index (χ1) is 15.3. The van der Waals surface area contributed by atoms with Gasteiger partial charge in [0.2, 0.25) is 15.9 Å². The molecule has 0 unspecified atom stereocenters. The number of piperidine rings is 1. The minimum Gasteiger partial charge on any atom is -0.492 e. The van der Waals surface area contributed by atoms with Crippen molar-refractivity contribution in [3.05, 3.63) is 63.6 Å². The van der Waals surface area contributed by atoms with Crippen LogP contribution >= 0.6 is 23.2 Å². The first-order valence-electron chi connectivity index (χ1n) is 10.7. The molecule has 6 nitrogen and oxygen atoms in total. The third-order valence-corrected chi connectivity index (χ3v) is 8.02. The minimum atomic E-state index is -3.66. The average Bonchev–Trinajstić information content (AvgIpc) is 2.79. The number of carbonyl (C=O) groups is 1. The Morgan fingerprint density at radius 1 is 1.16 bits per heavy atom. The Bertz CT molecular complexity index is 1010. The molecule has 1 N–H and O–H groups in total. The Morgan fingerprint density at radius 2 is 1.84 bits per heavy atom. The molecule has 0 aliphatic carbocycles. The van der Waals surface area contributed by atoms with E-state index in [1.807, 2.05) is 24.3 Å². The molecule has 2 aromatic carbocycles. The lowest BCUT2D eigenvalue weighted by Crippen LogP contribution is -2.46. The van der Waals surface area contributed by atoms with E-state index in [0.29, 0.717) is 48.1 Å². The van der Waals surface area contributed by atoms with E-state index in [4.69, 9.17) is 27.9 Å². The quantitative estimate of drug-likeness (QED) is 0.523. The van der Waals surface area contributed by atoms with Gasteiger partial charge in [0.1, 0.15) is 12.4 Å². The lowest BCUT2D eigenvalue weighted by Gasteiger charge is -2.31. The molecule has 0 aromatic heterocycles. The van der Waals surface area contributed by atoms with Gasteiger partial charge < -0.3 is 10.1 Å². The molecule has 2 aromatic rings. The van der Waals surface area contributed by atoms with E-state index >= 15 is 0 Å². The molecule has 1 fully saturated rings. The topological polar surface area (TPSA) is 75.7 Å². The number of aryl methyl sites for hydroxylation is 1. The van der Waals surface area contributed by atoms with E-state index in [1.54, 1.807) is 18.2 Å². The fourth-order valence-electron chi connectivity index (χ4n) is 3.66. The van der Waals surface area contributed by atoms with Crippen LogP contribution in [0.5, 0.6) is 5.75 Å². The second kappa shape index (κ2) is 11.4. The number of halogens is 2. The van der Waals surface area contributed by atoms with E-state index in [2.05, 4.69) is 12.2 Å². The van der Waals surface area contributed by atoms with E-state index in [1.165, 1.54) is 9.87 Å². The monoisotopic (exact) mass is 498 g/mol. The summed E-state index contributed by atoms with van der Waals surface area (Å²) in [5, 5.41) is 3.49. The van der Waals surface area contributed by atoms with Gasteiger partial charge in [0.15, 0.2) is 0 Å². The zero-order chi connectivity index (χ0) is 23.1. The van der Waals surface area contributed by atoms with E-state index in [0.717, 1.165) is 12.2 Å². The summed E-state index contributed by atoms with van der Waals surface area (Å²) in [6.07, 6.45) is 2.23. The first-order valence-corrected chi connectivity index (χ1v) is 13.1. The molecule has 32 heavy (non-hydrogen) atoms. The van der Waals surface area contributed by atoms with Crippen molar-refractivity contribution in [2.24, 2.45) is 5.92 Å². The number of carbonyl (C=O) groups excluding carboxylic acids is 1. The van der Waals surface area contributed by atoms with Crippen molar-refractivity contribution in [1.82, 2.24) is 9.62 Å². The Balaban J connectivity index is 1.50. The number of hydrogen-bond acceptors (Lipinski definition) is 4. The largest absolute Gasteiger partial charge is 0.492 e. The summed E-state index contributed by atoms with van der Waals surface area (Å²) in [5.41, 5.74) is 1.62. The van der Waals surface area contributed by atoms with Crippen molar-refractivity contribution < 1.29 is 17.9 Å². The van der Waals surface area contributed by atoms with E-state index < -0.39 is 15.9 Å². The highest BCUT2D eigenvalue weighted by atomic mass is 35.5. The number of ether oxygens (including phenoxy) is 1. The highest BCUT2D eigenvalue weighted by Gasteiger charge is 2.33. The normalized spacial score (nSPS) is 17.2. The van der Waals surface area contributed by atoms with E-state index in [-0.39, 0.29) is 18.2 Å². The molecule has 1 aliphatic heterocycles. The molecule has 9 heteroatoms. The van der Waals surface area contributed by atoms with Gasteiger partial charge in [-0.05, 0) is 49.1 Å². The van der Waals surface area contributed by atoms with Gasteiger partial charge in [-0.1, -0.05) is 48.3 Å². The third kappa shape index (κ3) is 6.61. The van der Waals surface area contributed by atoms with Crippen molar-refractivity contribution >= 4 is 39.1 Å². The molecule has 1 aliphatic rings. The zero-order valence-corrected chi connectivity index (χ0v) is 20.3. The maximum Gasteiger partial charge on any atom is 0.224 e. The third-order valence-electron chi connectivity index (χ3n) is 5.54. The van der Waals surface area contributed by atoms with Crippen LogP contribution in [0.15, 0.2) is 42.5 Å². The Morgan fingerprint density at radius 3 is 2.50 bits per heavy atom. The molecule has 0 saturated carbocycles.